The molecule has 0 bridgehead atoms. The van der Waals surface area contributed by atoms with E-state index >= 15 is 0 Å². The molecule has 0 amide bonds. The van der Waals surface area contributed by atoms with Crippen LogP contribution in [0.3, 0.4) is 0 Å². The van der Waals surface area contributed by atoms with Crippen LogP contribution in [0.1, 0.15) is 13.8 Å². The van der Waals surface area contributed by atoms with Crippen LogP contribution in [0.2, 0.25) is 0 Å². The highest BCUT2D eigenvalue weighted by atomic mass is 16.5. The summed E-state index contributed by atoms with van der Waals surface area (Å²) in [6.45, 7) is 4.59. The molecule has 1 atom stereocenters. The Bertz CT molecular complexity index is 1090. The van der Waals surface area contributed by atoms with Gasteiger partial charge in [0.1, 0.15) is 17.3 Å². The Hall–Kier alpha value is -3.60. The molecule has 1 unspecified atom stereocenters. The zero-order chi connectivity index (χ0) is 21.1. The number of hydrogen-bond acceptors (Lipinski definition) is 5. The standard InChI is InChI=1S/C25H22O5/c1-3-28-20-15-21(18-12-8-5-7-11-17(18)20)30-24(27)25-14-10-6-9-13-19(25)22(29-4-2)16-23(25)26/h5-16H,3-4H2,1-2H3. The molecule has 0 saturated carbocycles. The number of allylic oxidation sites excluding steroid dienone is 6. The van der Waals surface area contributed by atoms with E-state index in [1.807, 2.05) is 44.2 Å². The molecular weight excluding hydrogens is 380 g/mol. The number of carbonyl (C=O) groups is 2. The molecule has 5 nitrogen and oxygen atoms in total. The van der Waals surface area contributed by atoms with Gasteiger partial charge in [0, 0.05) is 28.8 Å². The Kier molecular flexibility index (Phi) is 5.27. The summed E-state index contributed by atoms with van der Waals surface area (Å²) in [7, 11) is 0. The molecule has 0 heterocycles. The first-order valence-electron chi connectivity index (χ1n) is 9.94. The monoisotopic (exact) mass is 402 g/mol. The number of fused-ring (bicyclic) bond motifs is 2. The minimum absolute atomic E-state index is 0.353. The normalized spacial score (nSPS) is 19.7. The van der Waals surface area contributed by atoms with Gasteiger partial charge in [-0.15, -0.1) is 0 Å². The van der Waals surface area contributed by atoms with Gasteiger partial charge in [-0.25, -0.2) is 4.79 Å². The molecule has 0 aromatic heterocycles. The second kappa shape index (κ2) is 8.03. The lowest BCUT2D eigenvalue weighted by atomic mass is 9.80. The van der Waals surface area contributed by atoms with Crippen molar-refractivity contribution in [2.75, 3.05) is 13.2 Å². The van der Waals surface area contributed by atoms with Crippen molar-refractivity contribution in [1.29, 1.82) is 0 Å². The number of ketones is 1. The number of hydrogen-bond donors (Lipinski definition) is 0. The van der Waals surface area contributed by atoms with E-state index in [0.29, 0.717) is 36.0 Å². The molecule has 0 radical (unpaired) electrons. The van der Waals surface area contributed by atoms with E-state index in [-0.39, 0.29) is 5.78 Å². The summed E-state index contributed by atoms with van der Waals surface area (Å²) in [6, 6.07) is 11.1. The molecule has 4 rings (SSSR count). The number of rotatable bonds is 6. The highest BCUT2D eigenvalue weighted by Crippen LogP contribution is 2.47. The molecule has 5 heteroatoms. The molecule has 152 valence electrons. The van der Waals surface area contributed by atoms with Gasteiger partial charge < -0.3 is 14.2 Å². The quantitative estimate of drug-likeness (QED) is 0.520. The van der Waals surface area contributed by atoms with Crippen LogP contribution < -0.4 is 9.47 Å². The van der Waals surface area contributed by atoms with Crippen LogP contribution in [0.5, 0.6) is 11.5 Å². The fraction of sp³-hybridized carbons (Fsp3) is 0.200. The van der Waals surface area contributed by atoms with Gasteiger partial charge in [-0.2, -0.15) is 0 Å². The average molecular weight is 402 g/mol. The summed E-state index contributed by atoms with van der Waals surface area (Å²) in [5.41, 5.74) is 0.482. The number of carbonyl (C=O) groups excluding carboxylic acids is 2. The van der Waals surface area contributed by atoms with Crippen molar-refractivity contribution >= 4 is 11.8 Å². The second-order valence-electron chi connectivity index (χ2n) is 6.87. The van der Waals surface area contributed by atoms with Crippen molar-refractivity contribution in [3.05, 3.63) is 84.2 Å². The lowest BCUT2D eigenvalue weighted by Crippen LogP contribution is -2.39. The molecule has 0 N–H and O–H groups in total. The Morgan fingerprint density at radius 3 is 2.40 bits per heavy atom. The van der Waals surface area contributed by atoms with Crippen molar-refractivity contribution in [1.82, 2.24) is 0 Å². The maximum Gasteiger partial charge on any atom is 0.334 e. The van der Waals surface area contributed by atoms with E-state index in [2.05, 4.69) is 0 Å². The number of ether oxygens (including phenoxy) is 3. The Morgan fingerprint density at radius 2 is 1.67 bits per heavy atom. The molecular formula is C25H22O5. The Labute approximate surface area is 175 Å². The highest BCUT2D eigenvalue weighted by Gasteiger charge is 2.53. The second-order valence-corrected chi connectivity index (χ2v) is 6.87. The molecule has 0 spiro atoms. The lowest BCUT2D eigenvalue weighted by Gasteiger charge is -2.24. The van der Waals surface area contributed by atoms with Crippen LogP contribution in [-0.4, -0.2) is 25.0 Å². The summed E-state index contributed by atoms with van der Waals surface area (Å²) in [6.07, 6.45) is 9.89. The predicted octanol–water partition coefficient (Wildman–Crippen LogP) is 4.64. The largest absolute Gasteiger partial charge is 0.493 e. The first kappa shape index (κ1) is 19.7. The predicted molar refractivity (Wildman–Crippen MR) is 113 cm³/mol. The summed E-state index contributed by atoms with van der Waals surface area (Å²) in [5, 5.41) is 0. The minimum atomic E-state index is -1.57. The molecule has 4 aliphatic carbocycles. The summed E-state index contributed by atoms with van der Waals surface area (Å²) in [5.74, 6) is 0.319. The molecule has 0 aromatic rings. The Balaban J connectivity index is 1.75. The van der Waals surface area contributed by atoms with E-state index in [0.717, 1.165) is 11.1 Å². The van der Waals surface area contributed by atoms with Gasteiger partial charge in [0.05, 0.1) is 13.2 Å². The summed E-state index contributed by atoms with van der Waals surface area (Å²) >= 11 is 0. The zero-order valence-corrected chi connectivity index (χ0v) is 16.9. The van der Waals surface area contributed by atoms with E-state index in [4.69, 9.17) is 14.2 Å². The van der Waals surface area contributed by atoms with Crippen molar-refractivity contribution in [3.8, 4) is 22.6 Å². The first-order chi connectivity index (χ1) is 14.6. The van der Waals surface area contributed by atoms with Gasteiger partial charge >= 0.3 is 5.97 Å². The summed E-state index contributed by atoms with van der Waals surface area (Å²) in [4.78, 5) is 26.5. The van der Waals surface area contributed by atoms with Gasteiger partial charge in [0.2, 0.25) is 0 Å². The smallest absolute Gasteiger partial charge is 0.334 e. The fourth-order valence-electron chi connectivity index (χ4n) is 3.78. The van der Waals surface area contributed by atoms with Crippen molar-refractivity contribution in [3.63, 3.8) is 0 Å². The van der Waals surface area contributed by atoms with Crippen LogP contribution in [0, 0.1) is 5.41 Å². The van der Waals surface area contributed by atoms with Gasteiger partial charge in [-0.3, -0.25) is 4.79 Å². The van der Waals surface area contributed by atoms with Crippen LogP contribution in [-0.2, 0) is 14.3 Å². The van der Waals surface area contributed by atoms with Crippen LogP contribution in [0.4, 0.5) is 0 Å². The molecule has 0 aromatic carbocycles. The van der Waals surface area contributed by atoms with Gasteiger partial charge in [0.25, 0.3) is 0 Å². The lowest BCUT2D eigenvalue weighted by molar-refractivity contribution is -0.144. The van der Waals surface area contributed by atoms with Crippen LogP contribution >= 0.6 is 0 Å². The Morgan fingerprint density at radius 1 is 0.933 bits per heavy atom. The van der Waals surface area contributed by atoms with Crippen molar-refractivity contribution < 1.29 is 23.8 Å². The van der Waals surface area contributed by atoms with Gasteiger partial charge in [-0.1, -0.05) is 60.7 Å². The maximum atomic E-state index is 13.5. The van der Waals surface area contributed by atoms with Crippen molar-refractivity contribution in [2.24, 2.45) is 5.41 Å². The molecule has 0 aliphatic heterocycles. The first-order valence-corrected chi connectivity index (χ1v) is 9.94. The minimum Gasteiger partial charge on any atom is -0.493 e. The molecule has 4 aliphatic rings. The molecule has 0 fully saturated rings. The summed E-state index contributed by atoms with van der Waals surface area (Å²) < 4.78 is 17.2. The topological polar surface area (TPSA) is 61.8 Å². The van der Waals surface area contributed by atoms with E-state index in [9.17, 15) is 9.59 Å². The van der Waals surface area contributed by atoms with Crippen LogP contribution in [0.25, 0.3) is 11.1 Å². The highest BCUT2D eigenvalue weighted by molar-refractivity contribution is 6.18. The maximum absolute atomic E-state index is 13.5. The third-order valence-electron chi connectivity index (χ3n) is 5.13. The SMILES string of the molecule is CCOC1=CC(=O)C2(C(=O)Oc3cc(OCC)c4cccccc3-4)C=CC=CC=C12. The zero-order valence-electron chi connectivity index (χ0n) is 16.9. The molecule has 0 saturated heterocycles. The molecule has 30 heavy (non-hydrogen) atoms. The van der Waals surface area contributed by atoms with Crippen molar-refractivity contribution in [2.45, 2.75) is 13.8 Å². The third kappa shape index (κ3) is 3.12. The third-order valence-corrected chi connectivity index (χ3v) is 5.13. The van der Waals surface area contributed by atoms with Gasteiger partial charge in [-0.05, 0) is 13.8 Å². The van der Waals surface area contributed by atoms with E-state index in [1.165, 1.54) is 6.08 Å². The number of esters is 1. The fourth-order valence-corrected chi connectivity index (χ4v) is 3.78. The van der Waals surface area contributed by atoms with E-state index < -0.39 is 11.4 Å². The van der Waals surface area contributed by atoms with E-state index in [1.54, 1.807) is 36.4 Å². The average Bonchev–Trinajstić information content (AvgIpc) is 3.00. The van der Waals surface area contributed by atoms with Gasteiger partial charge in [0.15, 0.2) is 11.2 Å². The van der Waals surface area contributed by atoms with Crippen LogP contribution in [0.15, 0.2) is 84.2 Å².